The van der Waals surface area contributed by atoms with E-state index in [4.69, 9.17) is 0 Å². The van der Waals surface area contributed by atoms with E-state index >= 15 is 0 Å². The molecule has 0 amide bonds. The topological polar surface area (TPSA) is 61.0 Å². The number of rotatable bonds is 3. The molecule has 0 saturated carbocycles. The van der Waals surface area contributed by atoms with Gasteiger partial charge in [-0.15, -0.1) is 0 Å². The lowest BCUT2D eigenvalue weighted by Gasteiger charge is -2.13. The van der Waals surface area contributed by atoms with Gasteiger partial charge in [-0.2, -0.15) is 0 Å². The molecule has 0 saturated heterocycles. The molecule has 0 aliphatic carbocycles. The van der Waals surface area contributed by atoms with Crippen LogP contribution in [0.2, 0.25) is 0 Å². The maximum absolute atomic E-state index is 12.0. The van der Waals surface area contributed by atoms with Gasteiger partial charge in [0.25, 0.3) is 5.56 Å². The van der Waals surface area contributed by atoms with E-state index in [1.54, 1.807) is 13.2 Å². The summed E-state index contributed by atoms with van der Waals surface area (Å²) >= 11 is 0. The van der Waals surface area contributed by atoms with Crippen LogP contribution in [0.4, 0.5) is 0 Å². The maximum Gasteiger partial charge on any atom is 0.330 e. The van der Waals surface area contributed by atoms with Gasteiger partial charge in [-0.1, -0.05) is 0 Å². The van der Waals surface area contributed by atoms with Gasteiger partial charge in [0.1, 0.15) is 0 Å². The van der Waals surface area contributed by atoms with E-state index < -0.39 is 0 Å². The van der Waals surface area contributed by atoms with Crippen molar-refractivity contribution in [3.05, 3.63) is 56.1 Å². The highest BCUT2D eigenvalue weighted by atomic mass is 16.2. The van der Waals surface area contributed by atoms with Crippen molar-refractivity contribution in [2.75, 3.05) is 5.43 Å². The van der Waals surface area contributed by atoms with Gasteiger partial charge < -0.3 is 9.99 Å². The zero-order chi connectivity index (χ0) is 14.2. The third-order valence-electron chi connectivity index (χ3n) is 3.22. The minimum Gasteiger partial charge on any atom is -0.321 e. The molecule has 2 heterocycles. The SMILES string of the molecule is Cc1ccc(C)n1NCc1cn(C)c(=O)n(C)c1=O. The second-order valence-electron chi connectivity index (χ2n) is 4.70. The molecule has 2 rings (SSSR count). The molecule has 0 atom stereocenters. The molecule has 6 heteroatoms. The van der Waals surface area contributed by atoms with Gasteiger partial charge in [0.15, 0.2) is 0 Å². The molecule has 2 aromatic rings. The average Bonchev–Trinajstić information content (AvgIpc) is 2.70. The van der Waals surface area contributed by atoms with Crippen LogP contribution in [0.1, 0.15) is 17.0 Å². The minimum atomic E-state index is -0.318. The smallest absolute Gasteiger partial charge is 0.321 e. The molecule has 0 fully saturated rings. The van der Waals surface area contributed by atoms with Crippen molar-refractivity contribution in [3.63, 3.8) is 0 Å². The van der Waals surface area contributed by atoms with Crippen molar-refractivity contribution in [1.82, 2.24) is 13.8 Å². The lowest BCUT2D eigenvalue weighted by atomic mass is 10.3. The van der Waals surface area contributed by atoms with Crippen molar-refractivity contribution in [1.29, 1.82) is 0 Å². The van der Waals surface area contributed by atoms with Crippen molar-refractivity contribution in [2.24, 2.45) is 14.1 Å². The minimum absolute atomic E-state index is 0.266. The standard InChI is InChI=1S/C13H18N4O2/c1-9-5-6-10(2)17(9)14-7-11-8-15(3)13(19)16(4)12(11)18/h5-6,8,14H,7H2,1-4H3. The Morgan fingerprint density at radius 3 is 2.26 bits per heavy atom. The Bertz CT molecular complexity index is 702. The van der Waals surface area contributed by atoms with Gasteiger partial charge in [-0.3, -0.25) is 14.0 Å². The lowest BCUT2D eigenvalue weighted by Crippen LogP contribution is -2.39. The molecule has 0 aromatic carbocycles. The molecule has 0 aliphatic heterocycles. The van der Waals surface area contributed by atoms with Crippen LogP contribution in [0.5, 0.6) is 0 Å². The molecule has 19 heavy (non-hydrogen) atoms. The number of nitrogens with one attached hydrogen (secondary N) is 1. The number of aromatic nitrogens is 3. The van der Waals surface area contributed by atoms with Gasteiger partial charge in [0.2, 0.25) is 0 Å². The molecular formula is C13H18N4O2. The molecule has 2 aromatic heterocycles. The second-order valence-corrected chi connectivity index (χ2v) is 4.70. The fraction of sp³-hybridized carbons (Fsp3) is 0.385. The van der Waals surface area contributed by atoms with E-state index in [0.717, 1.165) is 16.0 Å². The van der Waals surface area contributed by atoms with Crippen LogP contribution in [0.3, 0.4) is 0 Å². The molecule has 0 radical (unpaired) electrons. The number of aryl methyl sites for hydroxylation is 3. The fourth-order valence-corrected chi connectivity index (χ4v) is 2.09. The summed E-state index contributed by atoms with van der Waals surface area (Å²) in [5.41, 5.74) is 5.29. The van der Waals surface area contributed by atoms with E-state index in [1.165, 1.54) is 11.6 Å². The Labute approximate surface area is 110 Å². The summed E-state index contributed by atoms with van der Waals surface area (Å²) in [5.74, 6) is 0. The molecule has 6 nitrogen and oxygen atoms in total. The van der Waals surface area contributed by atoms with E-state index in [-0.39, 0.29) is 11.2 Å². The number of hydrogen-bond acceptors (Lipinski definition) is 3. The van der Waals surface area contributed by atoms with Crippen LogP contribution in [-0.4, -0.2) is 13.8 Å². The first-order chi connectivity index (χ1) is 8.91. The Kier molecular flexibility index (Phi) is 3.33. The molecule has 0 spiro atoms. The molecular weight excluding hydrogens is 244 g/mol. The Morgan fingerprint density at radius 2 is 1.68 bits per heavy atom. The third-order valence-corrected chi connectivity index (χ3v) is 3.22. The lowest BCUT2D eigenvalue weighted by molar-refractivity contribution is 0.662. The highest BCUT2D eigenvalue weighted by molar-refractivity contribution is 5.16. The molecule has 0 unspecified atom stereocenters. The fourth-order valence-electron chi connectivity index (χ4n) is 2.09. The maximum atomic E-state index is 12.0. The van der Waals surface area contributed by atoms with Crippen molar-refractivity contribution in [3.8, 4) is 0 Å². The third kappa shape index (κ3) is 2.33. The summed E-state index contributed by atoms with van der Waals surface area (Å²) in [5, 5.41) is 0. The van der Waals surface area contributed by atoms with Crippen LogP contribution in [-0.2, 0) is 20.6 Å². The van der Waals surface area contributed by atoms with Crippen LogP contribution in [0, 0.1) is 13.8 Å². The zero-order valence-electron chi connectivity index (χ0n) is 11.6. The summed E-state index contributed by atoms with van der Waals surface area (Å²) in [6.07, 6.45) is 1.58. The highest BCUT2D eigenvalue weighted by Crippen LogP contribution is 2.04. The van der Waals surface area contributed by atoms with E-state index in [2.05, 4.69) is 5.43 Å². The van der Waals surface area contributed by atoms with Gasteiger partial charge in [-0.05, 0) is 26.0 Å². The quantitative estimate of drug-likeness (QED) is 0.862. The van der Waals surface area contributed by atoms with Crippen LogP contribution >= 0.6 is 0 Å². The summed E-state index contributed by atoms with van der Waals surface area (Å²) in [6, 6.07) is 4.00. The first-order valence-electron chi connectivity index (χ1n) is 6.06. The van der Waals surface area contributed by atoms with Gasteiger partial charge in [-0.25, -0.2) is 4.79 Å². The predicted octanol–water partition coefficient (Wildman–Crippen LogP) is 0.246. The van der Waals surface area contributed by atoms with Gasteiger partial charge in [0, 0.05) is 31.7 Å². The molecule has 0 aliphatic rings. The van der Waals surface area contributed by atoms with Crippen molar-refractivity contribution in [2.45, 2.75) is 20.4 Å². The van der Waals surface area contributed by atoms with E-state index in [1.807, 2.05) is 30.7 Å². The van der Waals surface area contributed by atoms with Crippen molar-refractivity contribution < 1.29 is 0 Å². The van der Waals surface area contributed by atoms with Crippen molar-refractivity contribution >= 4 is 0 Å². The predicted molar refractivity (Wildman–Crippen MR) is 73.9 cm³/mol. The Hall–Kier alpha value is -2.24. The Morgan fingerprint density at radius 1 is 1.11 bits per heavy atom. The molecule has 1 N–H and O–H groups in total. The summed E-state index contributed by atoms with van der Waals surface area (Å²) in [4.78, 5) is 23.6. The molecule has 102 valence electrons. The van der Waals surface area contributed by atoms with E-state index in [9.17, 15) is 9.59 Å². The Balaban J connectivity index is 2.31. The summed E-state index contributed by atoms with van der Waals surface area (Å²) < 4.78 is 4.45. The zero-order valence-corrected chi connectivity index (χ0v) is 11.6. The average molecular weight is 262 g/mol. The van der Waals surface area contributed by atoms with E-state index in [0.29, 0.717) is 12.1 Å². The van der Waals surface area contributed by atoms with Crippen LogP contribution in [0.25, 0.3) is 0 Å². The first kappa shape index (κ1) is 13.2. The monoisotopic (exact) mass is 262 g/mol. The van der Waals surface area contributed by atoms with Crippen LogP contribution < -0.4 is 16.7 Å². The summed E-state index contributed by atoms with van der Waals surface area (Å²) in [7, 11) is 3.12. The largest absolute Gasteiger partial charge is 0.330 e. The summed E-state index contributed by atoms with van der Waals surface area (Å²) in [6.45, 7) is 4.34. The van der Waals surface area contributed by atoms with Gasteiger partial charge in [0.05, 0.1) is 12.1 Å². The number of nitrogens with zero attached hydrogens (tertiary/aromatic N) is 3. The first-order valence-corrected chi connectivity index (χ1v) is 6.06. The highest BCUT2D eigenvalue weighted by Gasteiger charge is 2.07. The normalized spacial score (nSPS) is 10.7. The van der Waals surface area contributed by atoms with Gasteiger partial charge >= 0.3 is 5.69 Å². The molecule has 0 bridgehead atoms. The second kappa shape index (κ2) is 4.79. The van der Waals surface area contributed by atoms with Crippen LogP contribution in [0.15, 0.2) is 27.9 Å². The number of hydrogen-bond donors (Lipinski definition) is 1.